The molecule has 2 rings (SSSR count). The van der Waals surface area contributed by atoms with Crippen LogP contribution in [0.15, 0.2) is 36.9 Å². The molecule has 0 radical (unpaired) electrons. The van der Waals surface area contributed by atoms with Gasteiger partial charge in [-0.15, -0.1) is 6.58 Å². The van der Waals surface area contributed by atoms with Crippen molar-refractivity contribution >= 4 is 11.8 Å². The Morgan fingerprint density at radius 1 is 1.23 bits per heavy atom. The molecule has 0 bridgehead atoms. The summed E-state index contributed by atoms with van der Waals surface area (Å²) >= 11 is 0. The molecule has 6 nitrogen and oxygen atoms in total. The van der Waals surface area contributed by atoms with Crippen molar-refractivity contribution < 1.29 is 14.3 Å². The van der Waals surface area contributed by atoms with E-state index in [2.05, 4.69) is 16.8 Å². The van der Waals surface area contributed by atoms with E-state index in [-0.39, 0.29) is 17.9 Å². The maximum atomic E-state index is 12.4. The average Bonchev–Trinajstić information content (AvgIpc) is 2.70. The summed E-state index contributed by atoms with van der Waals surface area (Å²) in [5.41, 5.74) is 1.13. The molecule has 0 saturated carbocycles. The molecule has 2 amide bonds. The minimum absolute atomic E-state index is 0.00387. The van der Waals surface area contributed by atoms with E-state index >= 15 is 0 Å². The lowest BCUT2D eigenvalue weighted by Crippen LogP contribution is -2.55. The van der Waals surface area contributed by atoms with Gasteiger partial charge in [-0.25, -0.2) is 0 Å². The van der Waals surface area contributed by atoms with Crippen LogP contribution in [0.25, 0.3) is 0 Å². The molecular formula is C20H29N3O3. The van der Waals surface area contributed by atoms with E-state index < -0.39 is 0 Å². The third kappa shape index (κ3) is 5.59. The second kappa shape index (κ2) is 9.97. The molecule has 1 N–H and O–H groups in total. The largest absolute Gasteiger partial charge is 0.497 e. The quantitative estimate of drug-likeness (QED) is 0.714. The number of carbonyl (C=O) groups is 2. The minimum Gasteiger partial charge on any atom is -0.497 e. The van der Waals surface area contributed by atoms with Crippen LogP contribution in [0, 0.1) is 0 Å². The van der Waals surface area contributed by atoms with Crippen molar-refractivity contribution in [3.05, 3.63) is 42.5 Å². The molecule has 1 aromatic rings. The Bertz CT molecular complexity index is 607. The molecule has 142 valence electrons. The first-order valence-corrected chi connectivity index (χ1v) is 9.08. The number of aryl methyl sites for hydroxylation is 1. The van der Waals surface area contributed by atoms with Crippen molar-refractivity contribution in [1.29, 1.82) is 0 Å². The number of rotatable bonds is 8. The number of nitrogens with one attached hydrogen (secondary N) is 1. The predicted octanol–water partition coefficient (Wildman–Crippen LogP) is 1.46. The highest BCUT2D eigenvalue weighted by Gasteiger charge is 2.26. The standard InChI is InChI=1S/C20H29N3O3/c1-4-11-21-20(25)16(2)22-12-14-23(15-13-22)19(24)10-7-17-5-8-18(26-3)9-6-17/h4-6,8-9,16H,1,7,10-15H2,2-3H3,(H,21,25)/t16-/m0/s1. The number of methoxy groups -OCH3 is 1. The van der Waals surface area contributed by atoms with Crippen molar-refractivity contribution in [2.75, 3.05) is 39.8 Å². The molecule has 1 aliphatic rings. The molecule has 0 aliphatic carbocycles. The van der Waals surface area contributed by atoms with Crippen molar-refractivity contribution in [2.45, 2.75) is 25.8 Å². The van der Waals surface area contributed by atoms with E-state index in [1.165, 1.54) is 0 Å². The number of carbonyl (C=O) groups excluding carboxylic acids is 2. The lowest BCUT2D eigenvalue weighted by atomic mass is 10.1. The summed E-state index contributed by atoms with van der Waals surface area (Å²) < 4.78 is 5.14. The van der Waals surface area contributed by atoms with Gasteiger partial charge in [0.1, 0.15) is 5.75 Å². The van der Waals surface area contributed by atoms with Gasteiger partial charge in [0.25, 0.3) is 0 Å². The van der Waals surface area contributed by atoms with E-state index in [1.54, 1.807) is 13.2 Å². The number of benzene rings is 1. The van der Waals surface area contributed by atoms with Crippen molar-refractivity contribution in [1.82, 2.24) is 15.1 Å². The fourth-order valence-electron chi connectivity index (χ4n) is 3.05. The molecular weight excluding hydrogens is 330 g/mol. The molecule has 0 aromatic heterocycles. The zero-order valence-corrected chi connectivity index (χ0v) is 15.7. The summed E-state index contributed by atoms with van der Waals surface area (Å²) in [7, 11) is 1.64. The topological polar surface area (TPSA) is 61.9 Å². The van der Waals surface area contributed by atoms with Gasteiger partial charge in [-0.05, 0) is 31.0 Å². The molecule has 1 fully saturated rings. The predicted molar refractivity (Wildman–Crippen MR) is 102 cm³/mol. The Morgan fingerprint density at radius 2 is 1.88 bits per heavy atom. The van der Waals surface area contributed by atoms with Gasteiger partial charge in [0.2, 0.25) is 11.8 Å². The smallest absolute Gasteiger partial charge is 0.237 e. The maximum Gasteiger partial charge on any atom is 0.237 e. The van der Waals surface area contributed by atoms with Gasteiger partial charge in [-0.1, -0.05) is 18.2 Å². The molecule has 0 spiro atoms. The highest BCUT2D eigenvalue weighted by Crippen LogP contribution is 2.14. The molecule has 0 unspecified atom stereocenters. The summed E-state index contributed by atoms with van der Waals surface area (Å²) in [6.45, 7) is 8.76. The van der Waals surface area contributed by atoms with Crippen LogP contribution in [0.2, 0.25) is 0 Å². The van der Waals surface area contributed by atoms with E-state index in [0.29, 0.717) is 26.1 Å². The van der Waals surface area contributed by atoms with E-state index in [1.807, 2.05) is 36.1 Å². The van der Waals surface area contributed by atoms with E-state index in [9.17, 15) is 9.59 Å². The summed E-state index contributed by atoms with van der Waals surface area (Å²) in [6, 6.07) is 7.63. The summed E-state index contributed by atoms with van der Waals surface area (Å²) in [5, 5.41) is 2.82. The van der Waals surface area contributed by atoms with Gasteiger partial charge < -0.3 is 15.0 Å². The van der Waals surface area contributed by atoms with Crippen molar-refractivity contribution in [3.8, 4) is 5.75 Å². The number of ether oxygens (including phenoxy) is 1. The Morgan fingerprint density at radius 3 is 2.46 bits per heavy atom. The zero-order valence-electron chi connectivity index (χ0n) is 15.7. The van der Waals surface area contributed by atoms with Crippen LogP contribution in [0.1, 0.15) is 18.9 Å². The number of hydrogen-bond acceptors (Lipinski definition) is 4. The number of nitrogens with zero attached hydrogens (tertiary/aromatic N) is 2. The molecule has 6 heteroatoms. The summed E-state index contributed by atoms with van der Waals surface area (Å²) in [5.74, 6) is 0.996. The maximum absolute atomic E-state index is 12.4. The van der Waals surface area contributed by atoms with Gasteiger partial charge in [-0.2, -0.15) is 0 Å². The van der Waals surface area contributed by atoms with Gasteiger partial charge in [-0.3, -0.25) is 14.5 Å². The first-order chi connectivity index (χ1) is 12.5. The van der Waals surface area contributed by atoms with Crippen LogP contribution < -0.4 is 10.1 Å². The second-order valence-electron chi connectivity index (χ2n) is 6.47. The van der Waals surface area contributed by atoms with Gasteiger partial charge >= 0.3 is 0 Å². The third-order valence-electron chi connectivity index (χ3n) is 4.80. The highest BCUT2D eigenvalue weighted by molar-refractivity contribution is 5.81. The van der Waals surface area contributed by atoms with E-state index in [0.717, 1.165) is 30.8 Å². The SMILES string of the molecule is C=CCNC(=O)[C@H](C)N1CCN(C(=O)CCc2ccc(OC)cc2)CC1. The minimum atomic E-state index is -0.188. The van der Waals surface area contributed by atoms with Gasteiger partial charge in [0, 0.05) is 39.1 Å². The zero-order chi connectivity index (χ0) is 18.9. The van der Waals surface area contributed by atoms with Crippen LogP contribution in [0.4, 0.5) is 0 Å². The number of piperazine rings is 1. The van der Waals surface area contributed by atoms with Gasteiger partial charge in [0.15, 0.2) is 0 Å². The van der Waals surface area contributed by atoms with Crippen LogP contribution in [-0.2, 0) is 16.0 Å². The normalized spacial score (nSPS) is 16.0. The van der Waals surface area contributed by atoms with Crippen LogP contribution in [0.5, 0.6) is 5.75 Å². The highest BCUT2D eigenvalue weighted by atomic mass is 16.5. The lowest BCUT2D eigenvalue weighted by Gasteiger charge is -2.37. The average molecular weight is 359 g/mol. The van der Waals surface area contributed by atoms with Crippen LogP contribution in [0.3, 0.4) is 0 Å². The molecule has 1 aliphatic heterocycles. The molecule has 1 heterocycles. The Kier molecular flexibility index (Phi) is 7.66. The third-order valence-corrected chi connectivity index (χ3v) is 4.80. The molecule has 1 atom stereocenters. The van der Waals surface area contributed by atoms with Crippen LogP contribution >= 0.6 is 0 Å². The fourth-order valence-corrected chi connectivity index (χ4v) is 3.05. The Hall–Kier alpha value is -2.34. The first kappa shape index (κ1) is 20.0. The second-order valence-corrected chi connectivity index (χ2v) is 6.47. The monoisotopic (exact) mass is 359 g/mol. The number of amides is 2. The lowest BCUT2D eigenvalue weighted by molar-refractivity contribution is -0.134. The Balaban J connectivity index is 1.75. The van der Waals surface area contributed by atoms with Crippen molar-refractivity contribution in [2.24, 2.45) is 0 Å². The fraction of sp³-hybridized carbons (Fsp3) is 0.500. The van der Waals surface area contributed by atoms with Gasteiger partial charge in [0.05, 0.1) is 13.2 Å². The van der Waals surface area contributed by atoms with Crippen molar-refractivity contribution in [3.63, 3.8) is 0 Å². The first-order valence-electron chi connectivity index (χ1n) is 9.08. The Labute approximate surface area is 155 Å². The molecule has 1 aromatic carbocycles. The summed E-state index contributed by atoms with van der Waals surface area (Å²) in [4.78, 5) is 28.5. The summed E-state index contributed by atoms with van der Waals surface area (Å²) in [6.07, 6.45) is 2.90. The van der Waals surface area contributed by atoms with Crippen LogP contribution in [-0.4, -0.2) is 67.5 Å². The molecule has 26 heavy (non-hydrogen) atoms. The molecule has 1 saturated heterocycles. The van der Waals surface area contributed by atoms with E-state index in [4.69, 9.17) is 4.74 Å². The number of hydrogen-bond donors (Lipinski definition) is 1.